The van der Waals surface area contributed by atoms with Crippen LogP contribution in [0.4, 0.5) is 10.1 Å². The second-order valence-corrected chi connectivity index (χ2v) is 3.94. The summed E-state index contributed by atoms with van der Waals surface area (Å²) in [6, 6.07) is 6.40. The van der Waals surface area contributed by atoms with Gasteiger partial charge in [-0.15, -0.1) is 0 Å². The number of benzene rings is 1. The van der Waals surface area contributed by atoms with Gasteiger partial charge in [0.15, 0.2) is 0 Å². The van der Waals surface area contributed by atoms with E-state index in [0.717, 1.165) is 18.7 Å². The molecule has 0 unspecified atom stereocenters. The Kier molecular flexibility index (Phi) is 4.78. The normalized spacial score (nSPS) is 9.88. The number of halogens is 1. The quantitative estimate of drug-likeness (QED) is 0.712. The zero-order valence-corrected chi connectivity index (χ0v) is 9.83. The highest BCUT2D eigenvalue weighted by Gasteiger charge is 2.04. The van der Waals surface area contributed by atoms with E-state index in [9.17, 15) is 4.39 Å². The third-order valence-electron chi connectivity index (χ3n) is 2.55. The fourth-order valence-corrected chi connectivity index (χ4v) is 1.59. The van der Waals surface area contributed by atoms with Crippen LogP contribution in [-0.2, 0) is 0 Å². The van der Waals surface area contributed by atoms with E-state index < -0.39 is 0 Å². The Hall–Kier alpha value is -1.56. The van der Waals surface area contributed by atoms with Crippen molar-refractivity contribution < 1.29 is 4.39 Å². The van der Waals surface area contributed by atoms with Crippen LogP contribution in [-0.4, -0.2) is 13.6 Å². The van der Waals surface area contributed by atoms with Crippen molar-refractivity contribution in [1.82, 2.24) is 0 Å². The molecule has 0 atom stereocenters. The first-order chi connectivity index (χ1) is 7.67. The third kappa shape index (κ3) is 3.54. The van der Waals surface area contributed by atoms with E-state index in [0.29, 0.717) is 5.56 Å². The molecule has 0 aliphatic heterocycles. The molecule has 0 aromatic heterocycles. The van der Waals surface area contributed by atoms with E-state index in [1.165, 1.54) is 25.0 Å². The second kappa shape index (κ2) is 6.12. The Labute approximate surface area is 96.3 Å². The first-order valence-corrected chi connectivity index (χ1v) is 5.59. The topological polar surface area (TPSA) is 27.0 Å². The summed E-state index contributed by atoms with van der Waals surface area (Å²) in [6.07, 6.45) is 3.43. The molecule has 0 amide bonds. The summed E-state index contributed by atoms with van der Waals surface area (Å²) in [5, 5.41) is 8.75. The zero-order chi connectivity index (χ0) is 12.0. The van der Waals surface area contributed by atoms with Gasteiger partial charge in [-0.2, -0.15) is 5.26 Å². The minimum Gasteiger partial charge on any atom is -0.374 e. The van der Waals surface area contributed by atoms with Crippen LogP contribution in [0.2, 0.25) is 0 Å². The highest BCUT2D eigenvalue weighted by Crippen LogP contribution is 2.17. The largest absolute Gasteiger partial charge is 0.374 e. The molecular formula is C13H17FN2. The molecule has 0 N–H and O–H groups in total. The third-order valence-corrected chi connectivity index (χ3v) is 2.55. The van der Waals surface area contributed by atoms with Gasteiger partial charge < -0.3 is 4.90 Å². The first kappa shape index (κ1) is 12.5. The monoisotopic (exact) mass is 220 g/mol. The summed E-state index contributed by atoms with van der Waals surface area (Å²) in [5.74, 6) is -0.351. The lowest BCUT2D eigenvalue weighted by molar-refractivity contribution is 0.625. The molecule has 16 heavy (non-hydrogen) atoms. The summed E-state index contributed by atoms with van der Waals surface area (Å²) >= 11 is 0. The van der Waals surface area contributed by atoms with Crippen molar-refractivity contribution in [3.05, 3.63) is 29.6 Å². The molecule has 0 aliphatic carbocycles. The highest BCUT2D eigenvalue weighted by molar-refractivity contribution is 5.51. The van der Waals surface area contributed by atoms with E-state index in [-0.39, 0.29) is 5.82 Å². The predicted octanol–water partition coefficient (Wildman–Crippen LogP) is 3.32. The van der Waals surface area contributed by atoms with Crippen molar-refractivity contribution in [3.63, 3.8) is 0 Å². The summed E-state index contributed by atoms with van der Waals surface area (Å²) in [5.41, 5.74) is 1.14. The average Bonchev–Trinajstić information content (AvgIpc) is 2.28. The van der Waals surface area contributed by atoms with Gasteiger partial charge in [-0.1, -0.05) is 19.8 Å². The fraction of sp³-hybridized carbons (Fsp3) is 0.462. The van der Waals surface area contributed by atoms with Gasteiger partial charge in [0.2, 0.25) is 0 Å². The van der Waals surface area contributed by atoms with Crippen molar-refractivity contribution in [2.24, 2.45) is 0 Å². The molecule has 0 fully saturated rings. The van der Waals surface area contributed by atoms with Crippen LogP contribution in [0.15, 0.2) is 18.2 Å². The van der Waals surface area contributed by atoms with E-state index in [1.807, 2.05) is 18.0 Å². The molecule has 1 rings (SSSR count). The lowest BCUT2D eigenvalue weighted by Crippen LogP contribution is -2.18. The molecule has 0 bridgehead atoms. The number of hydrogen-bond acceptors (Lipinski definition) is 2. The SMILES string of the molecule is CCCCCN(C)c1cc(F)cc(C#N)c1. The maximum absolute atomic E-state index is 13.2. The van der Waals surface area contributed by atoms with Gasteiger partial charge >= 0.3 is 0 Å². The van der Waals surface area contributed by atoms with Crippen LogP contribution in [0.5, 0.6) is 0 Å². The Morgan fingerprint density at radius 2 is 2.06 bits per heavy atom. The lowest BCUT2D eigenvalue weighted by atomic mass is 10.2. The Morgan fingerprint density at radius 1 is 1.31 bits per heavy atom. The van der Waals surface area contributed by atoms with E-state index in [4.69, 9.17) is 5.26 Å². The maximum atomic E-state index is 13.2. The number of rotatable bonds is 5. The molecule has 1 aromatic rings. The van der Waals surface area contributed by atoms with Gasteiger partial charge in [-0.25, -0.2) is 4.39 Å². The Balaban J connectivity index is 2.71. The van der Waals surface area contributed by atoms with Crippen molar-refractivity contribution in [2.75, 3.05) is 18.5 Å². The Morgan fingerprint density at radius 3 is 2.69 bits per heavy atom. The Bertz CT molecular complexity index is 382. The molecule has 86 valence electrons. The molecular weight excluding hydrogens is 203 g/mol. The van der Waals surface area contributed by atoms with Crippen LogP contribution in [0.1, 0.15) is 31.7 Å². The molecule has 0 radical (unpaired) electrons. The molecule has 2 nitrogen and oxygen atoms in total. The van der Waals surface area contributed by atoms with Crippen molar-refractivity contribution in [3.8, 4) is 6.07 Å². The smallest absolute Gasteiger partial charge is 0.126 e. The van der Waals surface area contributed by atoms with Crippen molar-refractivity contribution >= 4 is 5.69 Å². The van der Waals surface area contributed by atoms with E-state index in [1.54, 1.807) is 6.07 Å². The molecule has 0 aliphatic rings. The van der Waals surface area contributed by atoms with Gasteiger partial charge in [0.05, 0.1) is 11.6 Å². The lowest BCUT2D eigenvalue weighted by Gasteiger charge is -2.19. The molecule has 3 heteroatoms. The van der Waals surface area contributed by atoms with Crippen LogP contribution >= 0.6 is 0 Å². The number of hydrogen-bond donors (Lipinski definition) is 0. The summed E-state index contributed by atoms with van der Waals surface area (Å²) in [4.78, 5) is 1.99. The van der Waals surface area contributed by atoms with Gasteiger partial charge in [-0.3, -0.25) is 0 Å². The fourth-order valence-electron chi connectivity index (χ4n) is 1.59. The van der Waals surface area contributed by atoms with Gasteiger partial charge in [0.25, 0.3) is 0 Å². The standard InChI is InChI=1S/C13H17FN2/c1-3-4-5-6-16(2)13-8-11(10-15)7-12(14)9-13/h7-9H,3-6H2,1-2H3. The average molecular weight is 220 g/mol. The van der Waals surface area contributed by atoms with E-state index >= 15 is 0 Å². The first-order valence-electron chi connectivity index (χ1n) is 5.59. The number of nitrogens with zero attached hydrogens (tertiary/aromatic N) is 2. The molecule has 1 aromatic carbocycles. The minimum absolute atomic E-state index is 0.351. The summed E-state index contributed by atoms with van der Waals surface area (Å²) in [6.45, 7) is 3.04. The number of nitriles is 1. The van der Waals surface area contributed by atoms with Gasteiger partial charge in [-0.05, 0) is 24.6 Å². The minimum atomic E-state index is -0.351. The molecule has 0 saturated carbocycles. The summed E-state index contributed by atoms with van der Waals surface area (Å²) in [7, 11) is 1.92. The van der Waals surface area contributed by atoms with Crippen molar-refractivity contribution in [1.29, 1.82) is 5.26 Å². The van der Waals surface area contributed by atoms with Crippen LogP contribution < -0.4 is 4.90 Å². The van der Waals surface area contributed by atoms with Gasteiger partial charge in [0, 0.05) is 19.3 Å². The van der Waals surface area contributed by atoms with E-state index in [2.05, 4.69) is 6.92 Å². The predicted molar refractivity (Wildman–Crippen MR) is 63.9 cm³/mol. The van der Waals surface area contributed by atoms with Crippen LogP contribution in [0, 0.1) is 17.1 Å². The maximum Gasteiger partial charge on any atom is 0.126 e. The molecule has 0 saturated heterocycles. The molecule has 0 heterocycles. The number of anilines is 1. The van der Waals surface area contributed by atoms with Crippen LogP contribution in [0.25, 0.3) is 0 Å². The second-order valence-electron chi connectivity index (χ2n) is 3.94. The number of unbranched alkanes of at least 4 members (excludes halogenated alkanes) is 2. The van der Waals surface area contributed by atoms with Crippen molar-refractivity contribution in [2.45, 2.75) is 26.2 Å². The van der Waals surface area contributed by atoms with Gasteiger partial charge in [0.1, 0.15) is 5.82 Å². The zero-order valence-electron chi connectivity index (χ0n) is 9.83. The summed E-state index contributed by atoms with van der Waals surface area (Å²) < 4.78 is 13.2. The highest BCUT2D eigenvalue weighted by atomic mass is 19.1. The molecule has 0 spiro atoms. The van der Waals surface area contributed by atoms with Crippen LogP contribution in [0.3, 0.4) is 0 Å².